The average molecular weight is 444 g/mol. The minimum Gasteiger partial charge on any atom is -0.354 e. The van der Waals surface area contributed by atoms with E-state index in [1.807, 2.05) is 32.0 Å². The van der Waals surface area contributed by atoms with Gasteiger partial charge in [0.25, 0.3) is 5.91 Å². The zero-order valence-corrected chi connectivity index (χ0v) is 18.5. The number of nitrogens with one attached hydrogen (secondary N) is 1. The van der Waals surface area contributed by atoms with Crippen LogP contribution in [0.25, 0.3) is 0 Å². The van der Waals surface area contributed by atoms with Crippen LogP contribution in [0.15, 0.2) is 48.5 Å². The van der Waals surface area contributed by atoms with Crippen LogP contribution in [0.1, 0.15) is 29.8 Å². The summed E-state index contributed by atoms with van der Waals surface area (Å²) in [7, 11) is 0. The number of carbonyl (C=O) groups excluding carboxylic acids is 2. The van der Waals surface area contributed by atoms with Crippen molar-refractivity contribution >= 4 is 23.4 Å². The Morgan fingerprint density at radius 1 is 1.16 bits per heavy atom. The number of likely N-dealkylation sites (tertiary alicyclic amines) is 2. The van der Waals surface area contributed by atoms with E-state index in [0.717, 1.165) is 13.1 Å². The molecule has 2 aliphatic rings. The summed E-state index contributed by atoms with van der Waals surface area (Å²) in [6.45, 7) is 7.11. The van der Waals surface area contributed by atoms with Crippen molar-refractivity contribution in [3.63, 3.8) is 0 Å². The van der Waals surface area contributed by atoms with Crippen LogP contribution in [-0.2, 0) is 11.3 Å². The fourth-order valence-electron chi connectivity index (χ4n) is 4.77. The summed E-state index contributed by atoms with van der Waals surface area (Å²) in [5, 5.41) is 2.99. The van der Waals surface area contributed by atoms with Crippen LogP contribution in [0.4, 0.5) is 4.39 Å². The van der Waals surface area contributed by atoms with Crippen molar-refractivity contribution < 1.29 is 14.0 Å². The summed E-state index contributed by atoms with van der Waals surface area (Å²) < 4.78 is 13.5. The van der Waals surface area contributed by atoms with Crippen LogP contribution in [0, 0.1) is 17.2 Å². The van der Waals surface area contributed by atoms with Gasteiger partial charge in [0, 0.05) is 49.7 Å². The van der Waals surface area contributed by atoms with Crippen molar-refractivity contribution in [2.24, 2.45) is 11.3 Å². The van der Waals surface area contributed by atoms with Gasteiger partial charge in [-0.1, -0.05) is 41.9 Å². The average Bonchev–Trinajstić information content (AvgIpc) is 3.08. The molecule has 2 fully saturated rings. The lowest BCUT2D eigenvalue weighted by Gasteiger charge is -2.50. The van der Waals surface area contributed by atoms with Crippen LogP contribution in [0.5, 0.6) is 0 Å². The highest BCUT2D eigenvalue weighted by molar-refractivity contribution is 6.31. The normalized spacial score (nSPS) is 20.2. The number of hydrogen-bond acceptors (Lipinski definition) is 3. The molecule has 164 valence electrons. The zero-order chi connectivity index (χ0) is 22.2. The number of benzene rings is 2. The first-order valence-corrected chi connectivity index (χ1v) is 11.0. The molecule has 5 nitrogen and oxygen atoms in total. The van der Waals surface area contributed by atoms with E-state index in [0.29, 0.717) is 25.2 Å². The zero-order valence-electron chi connectivity index (χ0n) is 17.8. The van der Waals surface area contributed by atoms with Gasteiger partial charge in [-0.3, -0.25) is 14.5 Å². The van der Waals surface area contributed by atoms with Crippen LogP contribution >= 0.6 is 11.6 Å². The summed E-state index contributed by atoms with van der Waals surface area (Å²) in [6.07, 6.45) is 0. The Labute approximate surface area is 187 Å². The van der Waals surface area contributed by atoms with Crippen LogP contribution < -0.4 is 5.32 Å². The Hall–Kier alpha value is -2.44. The molecule has 2 aromatic carbocycles. The summed E-state index contributed by atoms with van der Waals surface area (Å²) in [5.74, 6) is -0.866. The third-order valence-electron chi connectivity index (χ3n) is 6.18. The molecular weight excluding hydrogens is 417 g/mol. The largest absolute Gasteiger partial charge is 0.354 e. The lowest BCUT2D eigenvalue weighted by Crippen LogP contribution is -2.64. The molecule has 0 radical (unpaired) electrons. The lowest BCUT2D eigenvalue weighted by atomic mass is 9.71. The minimum atomic E-state index is -0.545. The highest BCUT2D eigenvalue weighted by Gasteiger charge is 2.57. The number of halogens is 2. The molecule has 1 N–H and O–H groups in total. The molecule has 7 heteroatoms. The smallest absolute Gasteiger partial charge is 0.253 e. The van der Waals surface area contributed by atoms with Crippen molar-refractivity contribution in [2.45, 2.75) is 26.4 Å². The van der Waals surface area contributed by atoms with Crippen LogP contribution in [0.2, 0.25) is 5.02 Å². The second-order valence-corrected chi connectivity index (χ2v) is 9.43. The Morgan fingerprint density at radius 2 is 1.87 bits per heavy atom. The molecule has 2 saturated heterocycles. The predicted molar refractivity (Wildman–Crippen MR) is 118 cm³/mol. The van der Waals surface area contributed by atoms with E-state index in [1.165, 1.54) is 23.8 Å². The van der Waals surface area contributed by atoms with E-state index >= 15 is 0 Å². The van der Waals surface area contributed by atoms with Gasteiger partial charge < -0.3 is 10.2 Å². The number of nitrogens with zero attached hydrogens (tertiary/aromatic N) is 2. The fourth-order valence-corrected chi connectivity index (χ4v) is 4.95. The maximum absolute atomic E-state index is 13.5. The van der Waals surface area contributed by atoms with Gasteiger partial charge in [-0.15, -0.1) is 0 Å². The molecule has 0 aromatic heterocycles. The summed E-state index contributed by atoms with van der Waals surface area (Å²) in [4.78, 5) is 29.9. The maximum atomic E-state index is 13.5. The van der Waals surface area contributed by atoms with E-state index in [9.17, 15) is 14.0 Å². The molecular formula is C24H27ClFN3O2. The molecule has 1 unspecified atom stereocenters. The van der Waals surface area contributed by atoms with E-state index in [2.05, 4.69) is 22.3 Å². The third kappa shape index (κ3) is 4.46. The Kier molecular flexibility index (Phi) is 6.04. The molecule has 1 spiro atoms. The Morgan fingerprint density at radius 3 is 2.52 bits per heavy atom. The second kappa shape index (κ2) is 8.60. The van der Waals surface area contributed by atoms with Crippen molar-refractivity contribution in [1.82, 2.24) is 15.1 Å². The monoisotopic (exact) mass is 443 g/mol. The van der Waals surface area contributed by atoms with Gasteiger partial charge in [-0.05, 0) is 37.6 Å². The van der Waals surface area contributed by atoms with E-state index in [-0.39, 0.29) is 34.2 Å². The minimum absolute atomic E-state index is 0.0440. The van der Waals surface area contributed by atoms with Gasteiger partial charge >= 0.3 is 0 Å². The number of carbonyl (C=O) groups is 2. The third-order valence-corrected chi connectivity index (χ3v) is 6.47. The van der Waals surface area contributed by atoms with Crippen LogP contribution in [0.3, 0.4) is 0 Å². The molecule has 0 aliphatic carbocycles. The summed E-state index contributed by atoms with van der Waals surface area (Å²) in [5.41, 5.74) is 1.30. The molecule has 0 saturated carbocycles. The van der Waals surface area contributed by atoms with Gasteiger partial charge in [0.2, 0.25) is 5.91 Å². The van der Waals surface area contributed by atoms with E-state index in [4.69, 9.17) is 11.6 Å². The first-order chi connectivity index (χ1) is 14.8. The van der Waals surface area contributed by atoms with Gasteiger partial charge in [0.05, 0.1) is 10.9 Å². The quantitative estimate of drug-likeness (QED) is 0.768. The molecule has 4 rings (SSSR count). The second-order valence-electron chi connectivity index (χ2n) is 9.02. The van der Waals surface area contributed by atoms with Gasteiger partial charge in [0.15, 0.2) is 0 Å². The molecule has 31 heavy (non-hydrogen) atoms. The number of amides is 2. The van der Waals surface area contributed by atoms with Crippen molar-refractivity contribution in [3.8, 4) is 0 Å². The highest BCUT2D eigenvalue weighted by atomic mass is 35.5. The number of rotatable bonds is 5. The molecule has 1 atom stereocenters. The standard InChI is InChI=1S/C24H27ClFN3O2/c1-16(2)27-22(30)19-12-28(11-17-6-4-3-5-7-17)13-24(19)14-29(15-24)23(31)18-8-9-21(26)20(25)10-18/h3-10,16,19H,11-15H2,1-2H3,(H,27,30). The maximum Gasteiger partial charge on any atom is 0.253 e. The van der Waals surface area contributed by atoms with Gasteiger partial charge in [-0.2, -0.15) is 0 Å². The topological polar surface area (TPSA) is 52.7 Å². The van der Waals surface area contributed by atoms with Crippen molar-refractivity contribution in [3.05, 3.63) is 70.5 Å². The lowest BCUT2D eigenvalue weighted by molar-refractivity contribution is -0.131. The predicted octanol–water partition coefficient (Wildman–Crippen LogP) is 3.58. The van der Waals surface area contributed by atoms with Crippen LogP contribution in [-0.4, -0.2) is 53.8 Å². The molecule has 2 heterocycles. The number of hydrogen-bond donors (Lipinski definition) is 1. The Balaban J connectivity index is 1.49. The van der Waals surface area contributed by atoms with E-state index < -0.39 is 5.82 Å². The Bertz CT molecular complexity index is 976. The first-order valence-electron chi connectivity index (χ1n) is 10.6. The summed E-state index contributed by atoms with van der Waals surface area (Å²) >= 11 is 5.85. The van der Waals surface area contributed by atoms with Gasteiger partial charge in [0.1, 0.15) is 5.82 Å². The van der Waals surface area contributed by atoms with Crippen molar-refractivity contribution in [2.75, 3.05) is 26.2 Å². The molecule has 2 amide bonds. The van der Waals surface area contributed by atoms with E-state index in [1.54, 1.807) is 4.90 Å². The SMILES string of the molecule is CC(C)NC(=O)C1CN(Cc2ccccc2)CC12CN(C(=O)c1ccc(F)c(Cl)c1)C2. The van der Waals surface area contributed by atoms with Gasteiger partial charge in [-0.25, -0.2) is 4.39 Å². The first kappa shape index (κ1) is 21.8. The van der Waals surface area contributed by atoms with Crippen molar-refractivity contribution in [1.29, 1.82) is 0 Å². The molecule has 2 aliphatic heterocycles. The highest BCUT2D eigenvalue weighted by Crippen LogP contribution is 2.45. The fraction of sp³-hybridized carbons (Fsp3) is 0.417. The summed E-state index contributed by atoms with van der Waals surface area (Å²) in [6, 6.07) is 14.3. The molecule has 2 aromatic rings. The molecule has 0 bridgehead atoms.